The molecular formula is C26H31N3O3. The molecule has 32 heavy (non-hydrogen) atoms. The predicted octanol–water partition coefficient (Wildman–Crippen LogP) is 4.45. The fourth-order valence-corrected chi connectivity index (χ4v) is 4.11. The van der Waals surface area contributed by atoms with Gasteiger partial charge in [0.15, 0.2) is 5.69 Å². The van der Waals surface area contributed by atoms with E-state index in [1.165, 1.54) is 11.1 Å². The van der Waals surface area contributed by atoms with Crippen molar-refractivity contribution in [3.8, 4) is 5.75 Å². The molecule has 1 aliphatic rings. The maximum Gasteiger partial charge on any atom is 0.276 e. The first-order valence-corrected chi connectivity index (χ1v) is 11.1. The summed E-state index contributed by atoms with van der Waals surface area (Å²) in [4.78, 5) is 17.4. The van der Waals surface area contributed by atoms with Gasteiger partial charge in [0.1, 0.15) is 18.1 Å². The van der Waals surface area contributed by atoms with E-state index in [2.05, 4.69) is 47.3 Å². The zero-order chi connectivity index (χ0) is 22.7. The van der Waals surface area contributed by atoms with Gasteiger partial charge in [-0.05, 0) is 56.5 Å². The number of ether oxygens (including phenoxy) is 1. The quantitative estimate of drug-likeness (QED) is 0.575. The Labute approximate surface area is 189 Å². The van der Waals surface area contributed by atoms with E-state index in [0.717, 1.165) is 42.1 Å². The van der Waals surface area contributed by atoms with Crippen LogP contribution in [0, 0.1) is 27.7 Å². The van der Waals surface area contributed by atoms with Crippen LogP contribution >= 0.6 is 0 Å². The number of aryl methyl sites for hydroxylation is 4. The van der Waals surface area contributed by atoms with E-state index in [1.54, 1.807) is 0 Å². The van der Waals surface area contributed by atoms with Crippen LogP contribution < -0.4 is 4.74 Å². The van der Waals surface area contributed by atoms with Crippen molar-refractivity contribution in [1.29, 1.82) is 0 Å². The van der Waals surface area contributed by atoms with E-state index in [4.69, 9.17) is 9.26 Å². The summed E-state index contributed by atoms with van der Waals surface area (Å²) < 4.78 is 11.3. The molecule has 2 aromatic carbocycles. The molecule has 0 N–H and O–H groups in total. The molecule has 1 aliphatic heterocycles. The van der Waals surface area contributed by atoms with Crippen LogP contribution in [0.15, 0.2) is 47.0 Å². The zero-order valence-corrected chi connectivity index (χ0v) is 19.4. The number of aromatic nitrogens is 1. The van der Waals surface area contributed by atoms with Crippen molar-refractivity contribution in [3.63, 3.8) is 0 Å². The number of carbonyl (C=O) groups is 1. The SMILES string of the molecule is Cc1ccc(CN2CCN(C(=O)c3noc(C)c3COc3cc(C)cc(C)c3)CC2)cc1. The van der Waals surface area contributed by atoms with Crippen molar-refractivity contribution in [2.45, 2.75) is 40.8 Å². The molecule has 0 aliphatic carbocycles. The molecule has 0 atom stereocenters. The van der Waals surface area contributed by atoms with Gasteiger partial charge in [0.05, 0.1) is 5.56 Å². The van der Waals surface area contributed by atoms with E-state index in [0.29, 0.717) is 24.5 Å². The Morgan fingerprint density at radius 2 is 1.59 bits per heavy atom. The summed E-state index contributed by atoms with van der Waals surface area (Å²) in [5.74, 6) is 1.32. The smallest absolute Gasteiger partial charge is 0.276 e. The minimum absolute atomic E-state index is 0.0872. The molecule has 2 heterocycles. The van der Waals surface area contributed by atoms with Crippen molar-refractivity contribution >= 4 is 5.91 Å². The highest BCUT2D eigenvalue weighted by molar-refractivity contribution is 5.93. The van der Waals surface area contributed by atoms with Gasteiger partial charge in [-0.3, -0.25) is 9.69 Å². The van der Waals surface area contributed by atoms with E-state index in [1.807, 2.05) is 37.8 Å². The summed E-state index contributed by atoms with van der Waals surface area (Å²) in [5, 5.41) is 4.07. The van der Waals surface area contributed by atoms with Crippen LogP contribution in [0.4, 0.5) is 0 Å². The van der Waals surface area contributed by atoms with E-state index in [-0.39, 0.29) is 12.5 Å². The van der Waals surface area contributed by atoms with Gasteiger partial charge in [0.25, 0.3) is 5.91 Å². The third-order valence-electron chi connectivity index (χ3n) is 5.95. The summed E-state index contributed by atoms with van der Waals surface area (Å²) in [6.45, 7) is 12.2. The zero-order valence-electron chi connectivity index (χ0n) is 19.4. The van der Waals surface area contributed by atoms with E-state index >= 15 is 0 Å². The molecule has 1 fully saturated rings. The minimum atomic E-state index is -0.0872. The Kier molecular flexibility index (Phi) is 6.61. The second kappa shape index (κ2) is 9.57. The average molecular weight is 434 g/mol. The molecule has 0 radical (unpaired) electrons. The van der Waals surface area contributed by atoms with Gasteiger partial charge in [0.2, 0.25) is 0 Å². The molecule has 0 unspecified atom stereocenters. The highest BCUT2D eigenvalue weighted by Crippen LogP contribution is 2.22. The first-order chi connectivity index (χ1) is 15.4. The standard InChI is InChI=1S/C26H31N3O3/c1-18-5-7-22(8-6-18)16-28-9-11-29(12-10-28)26(30)25-24(21(4)32-27-25)17-31-23-14-19(2)13-20(3)15-23/h5-8,13-15H,9-12,16-17H2,1-4H3. The lowest BCUT2D eigenvalue weighted by Crippen LogP contribution is -2.48. The van der Waals surface area contributed by atoms with Gasteiger partial charge in [-0.25, -0.2) is 0 Å². The minimum Gasteiger partial charge on any atom is -0.489 e. The highest BCUT2D eigenvalue weighted by Gasteiger charge is 2.28. The number of carbonyl (C=O) groups excluding carboxylic acids is 1. The van der Waals surface area contributed by atoms with Gasteiger partial charge in [0, 0.05) is 32.7 Å². The summed E-state index contributed by atoms with van der Waals surface area (Å²) in [7, 11) is 0. The van der Waals surface area contributed by atoms with Crippen LogP contribution in [-0.2, 0) is 13.2 Å². The first kappa shape index (κ1) is 22.1. The fraction of sp³-hybridized carbons (Fsp3) is 0.385. The van der Waals surface area contributed by atoms with Crippen LogP contribution in [0.3, 0.4) is 0 Å². The molecule has 4 rings (SSSR count). The lowest BCUT2D eigenvalue weighted by molar-refractivity contribution is 0.0616. The number of hydrogen-bond acceptors (Lipinski definition) is 5. The summed E-state index contributed by atoms with van der Waals surface area (Å²) in [5.41, 5.74) is 5.93. The summed E-state index contributed by atoms with van der Waals surface area (Å²) >= 11 is 0. The second-order valence-corrected chi connectivity index (χ2v) is 8.73. The van der Waals surface area contributed by atoms with Crippen LogP contribution in [-0.4, -0.2) is 47.0 Å². The molecular weight excluding hydrogens is 402 g/mol. The highest BCUT2D eigenvalue weighted by atomic mass is 16.5. The van der Waals surface area contributed by atoms with Crippen LogP contribution in [0.1, 0.15) is 44.1 Å². The Balaban J connectivity index is 1.37. The second-order valence-electron chi connectivity index (χ2n) is 8.73. The van der Waals surface area contributed by atoms with Crippen molar-refractivity contribution in [1.82, 2.24) is 15.0 Å². The Bertz CT molecular complexity index is 1060. The van der Waals surface area contributed by atoms with Gasteiger partial charge >= 0.3 is 0 Å². The number of amides is 1. The fourth-order valence-electron chi connectivity index (χ4n) is 4.11. The van der Waals surface area contributed by atoms with Gasteiger partial charge in [-0.15, -0.1) is 0 Å². The molecule has 0 bridgehead atoms. The molecule has 1 amide bonds. The first-order valence-electron chi connectivity index (χ1n) is 11.1. The average Bonchev–Trinajstić information content (AvgIpc) is 3.13. The molecule has 3 aromatic rings. The van der Waals surface area contributed by atoms with E-state index < -0.39 is 0 Å². The van der Waals surface area contributed by atoms with E-state index in [9.17, 15) is 4.79 Å². The van der Waals surface area contributed by atoms with Gasteiger partial charge < -0.3 is 14.2 Å². The molecule has 168 valence electrons. The summed E-state index contributed by atoms with van der Waals surface area (Å²) in [6.07, 6.45) is 0. The number of nitrogens with zero attached hydrogens (tertiary/aromatic N) is 3. The maximum absolute atomic E-state index is 13.2. The number of rotatable bonds is 6. The Morgan fingerprint density at radius 1 is 0.938 bits per heavy atom. The molecule has 0 saturated carbocycles. The Hall–Kier alpha value is -3.12. The third-order valence-corrected chi connectivity index (χ3v) is 5.95. The monoisotopic (exact) mass is 433 g/mol. The van der Waals surface area contributed by atoms with Crippen LogP contribution in [0.5, 0.6) is 5.75 Å². The number of piperazine rings is 1. The Morgan fingerprint density at radius 3 is 2.25 bits per heavy atom. The lowest BCUT2D eigenvalue weighted by atomic mass is 10.1. The predicted molar refractivity (Wildman–Crippen MR) is 124 cm³/mol. The van der Waals surface area contributed by atoms with Crippen LogP contribution in [0.2, 0.25) is 0 Å². The van der Waals surface area contributed by atoms with Crippen molar-refractivity contribution in [2.75, 3.05) is 26.2 Å². The van der Waals surface area contributed by atoms with Crippen LogP contribution in [0.25, 0.3) is 0 Å². The number of benzene rings is 2. The van der Waals surface area contributed by atoms with Gasteiger partial charge in [-0.1, -0.05) is 41.1 Å². The maximum atomic E-state index is 13.2. The third kappa shape index (κ3) is 5.19. The van der Waals surface area contributed by atoms with Crippen molar-refractivity contribution < 1.29 is 14.1 Å². The number of hydrogen-bond donors (Lipinski definition) is 0. The molecule has 6 heteroatoms. The molecule has 0 spiro atoms. The van der Waals surface area contributed by atoms with Gasteiger partial charge in [-0.2, -0.15) is 0 Å². The normalized spacial score (nSPS) is 14.6. The molecule has 1 aromatic heterocycles. The summed E-state index contributed by atoms with van der Waals surface area (Å²) in [6, 6.07) is 14.7. The molecule has 1 saturated heterocycles. The molecule has 6 nitrogen and oxygen atoms in total. The topological polar surface area (TPSA) is 58.8 Å². The largest absolute Gasteiger partial charge is 0.489 e. The lowest BCUT2D eigenvalue weighted by Gasteiger charge is -2.34. The van der Waals surface area contributed by atoms with Crippen molar-refractivity contribution in [2.24, 2.45) is 0 Å². The van der Waals surface area contributed by atoms with Crippen molar-refractivity contribution in [3.05, 3.63) is 81.7 Å².